The lowest BCUT2D eigenvalue weighted by atomic mass is 10.2. The number of aliphatic imine (C=N–C) groups is 1. The SMILES string of the molecule is COC(=O)C(=N[C@H](CN=[N+]=[N-])CO[Si](c1ccccc1)(c1ccccc1)C(C)(C)C)C(=O)OC. The minimum Gasteiger partial charge on any atom is -0.464 e. The number of azide groups is 1. The van der Waals surface area contributed by atoms with Crippen LogP contribution in [0.2, 0.25) is 5.04 Å². The second kappa shape index (κ2) is 12.1. The summed E-state index contributed by atoms with van der Waals surface area (Å²) >= 11 is 0. The number of nitrogens with zero attached hydrogens (tertiary/aromatic N) is 4. The first-order valence-corrected chi connectivity index (χ1v) is 12.6. The van der Waals surface area contributed by atoms with Gasteiger partial charge >= 0.3 is 11.9 Å². The van der Waals surface area contributed by atoms with Crippen molar-refractivity contribution >= 4 is 36.3 Å². The van der Waals surface area contributed by atoms with Crippen molar-refractivity contribution in [1.29, 1.82) is 0 Å². The van der Waals surface area contributed by atoms with Crippen molar-refractivity contribution in [3.8, 4) is 0 Å². The van der Waals surface area contributed by atoms with Crippen LogP contribution in [0.1, 0.15) is 20.8 Å². The number of benzene rings is 2. The third-order valence-corrected chi connectivity index (χ3v) is 10.3. The zero-order valence-electron chi connectivity index (χ0n) is 20.1. The Hall–Kier alpha value is -3.46. The molecule has 0 unspecified atom stereocenters. The van der Waals surface area contributed by atoms with Gasteiger partial charge < -0.3 is 13.9 Å². The molecule has 180 valence electrons. The van der Waals surface area contributed by atoms with Crippen LogP contribution in [0, 0.1) is 0 Å². The van der Waals surface area contributed by atoms with E-state index in [0.29, 0.717) is 0 Å². The van der Waals surface area contributed by atoms with Crippen LogP contribution in [0.3, 0.4) is 0 Å². The van der Waals surface area contributed by atoms with Crippen molar-refractivity contribution in [3.05, 3.63) is 71.1 Å². The van der Waals surface area contributed by atoms with Crippen molar-refractivity contribution in [1.82, 2.24) is 0 Å². The summed E-state index contributed by atoms with van der Waals surface area (Å²) in [6.07, 6.45) is 0. The van der Waals surface area contributed by atoms with Gasteiger partial charge in [0.1, 0.15) is 0 Å². The summed E-state index contributed by atoms with van der Waals surface area (Å²) in [5, 5.41) is 5.43. The smallest absolute Gasteiger partial charge is 0.363 e. The Balaban J connectivity index is 2.60. The van der Waals surface area contributed by atoms with E-state index in [0.717, 1.165) is 24.6 Å². The molecule has 0 N–H and O–H groups in total. The molecule has 0 aliphatic carbocycles. The Labute approximate surface area is 200 Å². The molecule has 0 fully saturated rings. The molecule has 0 amide bonds. The number of carbonyl (C=O) groups excluding carboxylic acids is 2. The second-order valence-electron chi connectivity index (χ2n) is 8.50. The summed E-state index contributed by atoms with van der Waals surface area (Å²) < 4.78 is 16.1. The molecule has 34 heavy (non-hydrogen) atoms. The van der Waals surface area contributed by atoms with Gasteiger partial charge in [-0.25, -0.2) is 9.59 Å². The Kier molecular flexibility index (Phi) is 9.55. The first-order chi connectivity index (χ1) is 16.2. The van der Waals surface area contributed by atoms with Crippen LogP contribution in [0.15, 0.2) is 70.8 Å². The van der Waals surface area contributed by atoms with Crippen LogP contribution in [-0.4, -0.2) is 59.4 Å². The molecule has 0 aliphatic heterocycles. The maximum atomic E-state index is 12.1. The second-order valence-corrected chi connectivity index (χ2v) is 12.8. The van der Waals surface area contributed by atoms with Crippen molar-refractivity contribution < 1.29 is 23.5 Å². The highest BCUT2D eigenvalue weighted by atomic mass is 28.4. The van der Waals surface area contributed by atoms with Crippen LogP contribution < -0.4 is 10.4 Å². The average Bonchev–Trinajstić information content (AvgIpc) is 2.85. The molecule has 0 aromatic heterocycles. The zero-order valence-corrected chi connectivity index (χ0v) is 21.1. The van der Waals surface area contributed by atoms with Gasteiger partial charge in [-0.15, -0.1) is 0 Å². The largest absolute Gasteiger partial charge is 0.464 e. The third-order valence-electron chi connectivity index (χ3n) is 5.33. The van der Waals surface area contributed by atoms with E-state index in [-0.39, 0.29) is 18.2 Å². The van der Waals surface area contributed by atoms with E-state index in [9.17, 15) is 9.59 Å². The van der Waals surface area contributed by atoms with Gasteiger partial charge in [0.05, 0.1) is 33.4 Å². The predicted octanol–water partition coefficient (Wildman–Crippen LogP) is 3.03. The maximum absolute atomic E-state index is 12.1. The Morgan fingerprint density at radius 3 is 1.79 bits per heavy atom. The van der Waals surface area contributed by atoms with Crippen LogP contribution >= 0.6 is 0 Å². The Morgan fingerprint density at radius 2 is 1.41 bits per heavy atom. The number of rotatable bonds is 10. The van der Waals surface area contributed by atoms with Gasteiger partial charge in [0.25, 0.3) is 8.32 Å². The number of hydrogen-bond acceptors (Lipinski definition) is 7. The van der Waals surface area contributed by atoms with E-state index in [4.69, 9.17) is 9.96 Å². The molecule has 0 saturated heterocycles. The molecule has 1 atom stereocenters. The van der Waals surface area contributed by atoms with Gasteiger partial charge in [-0.1, -0.05) is 86.5 Å². The van der Waals surface area contributed by atoms with Crippen LogP contribution in [-0.2, 0) is 23.5 Å². The molecule has 10 heteroatoms. The van der Waals surface area contributed by atoms with Crippen LogP contribution in [0.5, 0.6) is 0 Å². The molecular formula is C24H30N4O5Si. The molecule has 0 bridgehead atoms. The zero-order chi connectivity index (χ0) is 25.2. The first-order valence-electron chi connectivity index (χ1n) is 10.7. The highest BCUT2D eigenvalue weighted by molar-refractivity contribution is 6.99. The van der Waals surface area contributed by atoms with E-state index < -0.39 is 32.0 Å². The first kappa shape index (κ1) is 26.8. The standard InChI is InChI=1S/C24H30N4O5Si/c1-24(2,3)34(19-12-8-6-9-13-19,20-14-10-7-11-15-20)33-17-18(16-26-28-25)27-21(22(29)31-4)23(30)32-5/h6-15,18H,16-17H2,1-5H3/t18-/m1/s1. The highest BCUT2D eigenvalue weighted by Crippen LogP contribution is 2.36. The van der Waals surface area contributed by atoms with Gasteiger partial charge in [0, 0.05) is 4.91 Å². The third kappa shape index (κ3) is 6.10. The number of carbonyl (C=O) groups is 2. The predicted molar refractivity (Wildman–Crippen MR) is 133 cm³/mol. The molecule has 9 nitrogen and oxygen atoms in total. The monoisotopic (exact) mass is 482 g/mol. The van der Waals surface area contributed by atoms with E-state index in [1.54, 1.807) is 0 Å². The molecule has 0 spiro atoms. The molecule has 0 saturated carbocycles. The number of methoxy groups -OCH3 is 2. The summed E-state index contributed by atoms with van der Waals surface area (Å²) in [5.41, 5.74) is 8.35. The Morgan fingerprint density at radius 1 is 0.941 bits per heavy atom. The lowest BCUT2D eigenvalue weighted by Crippen LogP contribution is -2.67. The van der Waals surface area contributed by atoms with Crippen molar-refractivity contribution in [2.75, 3.05) is 27.4 Å². The molecule has 0 radical (unpaired) electrons. The lowest BCUT2D eigenvalue weighted by molar-refractivity contribution is -0.138. The average molecular weight is 483 g/mol. The summed E-state index contributed by atoms with van der Waals surface area (Å²) in [4.78, 5) is 31.3. The van der Waals surface area contributed by atoms with Gasteiger partial charge in [-0.2, -0.15) is 0 Å². The fourth-order valence-electron chi connectivity index (χ4n) is 3.81. The minimum absolute atomic E-state index is 0.00376. The van der Waals surface area contributed by atoms with Gasteiger partial charge in [0.2, 0.25) is 5.71 Å². The molecule has 2 rings (SSSR count). The fraction of sp³-hybridized carbons (Fsp3) is 0.375. The van der Waals surface area contributed by atoms with Gasteiger partial charge in [-0.3, -0.25) is 4.99 Å². The molecular weight excluding hydrogens is 452 g/mol. The topological polar surface area (TPSA) is 123 Å². The van der Waals surface area contributed by atoms with E-state index in [1.165, 1.54) is 0 Å². The maximum Gasteiger partial charge on any atom is 0.363 e. The van der Waals surface area contributed by atoms with Crippen molar-refractivity contribution in [2.24, 2.45) is 10.1 Å². The normalized spacial score (nSPS) is 12.1. The van der Waals surface area contributed by atoms with Crippen LogP contribution in [0.25, 0.3) is 10.4 Å². The quantitative estimate of drug-likeness (QED) is 0.0979. The van der Waals surface area contributed by atoms with Gasteiger partial charge in [0.15, 0.2) is 0 Å². The number of esters is 2. The fourth-order valence-corrected chi connectivity index (χ4v) is 8.41. The number of ether oxygens (including phenoxy) is 2. The molecule has 0 aliphatic rings. The van der Waals surface area contributed by atoms with Crippen molar-refractivity contribution in [2.45, 2.75) is 31.9 Å². The lowest BCUT2D eigenvalue weighted by Gasteiger charge is -2.43. The van der Waals surface area contributed by atoms with Crippen molar-refractivity contribution in [3.63, 3.8) is 0 Å². The van der Waals surface area contributed by atoms with E-state index in [1.807, 2.05) is 60.7 Å². The van der Waals surface area contributed by atoms with Gasteiger partial charge in [-0.05, 0) is 20.9 Å². The highest BCUT2D eigenvalue weighted by Gasteiger charge is 2.50. The summed E-state index contributed by atoms with van der Waals surface area (Å²) in [6, 6.07) is 19.1. The molecule has 2 aromatic carbocycles. The molecule has 2 aromatic rings. The molecule has 0 heterocycles. The summed E-state index contributed by atoms with van der Waals surface area (Å²) in [5.74, 6) is -1.88. The van der Waals surface area contributed by atoms with Crippen LogP contribution in [0.4, 0.5) is 0 Å². The minimum atomic E-state index is -2.91. The Bertz CT molecular complexity index is 991. The van der Waals surface area contributed by atoms with E-state index in [2.05, 4.69) is 45.3 Å². The summed E-state index contributed by atoms with van der Waals surface area (Å²) in [6.45, 7) is 6.26. The summed E-state index contributed by atoms with van der Waals surface area (Å²) in [7, 11) is -0.628. The number of hydrogen-bond donors (Lipinski definition) is 0. The van der Waals surface area contributed by atoms with E-state index >= 15 is 0 Å².